The van der Waals surface area contributed by atoms with Gasteiger partial charge in [0, 0.05) is 31.4 Å². The number of anilines is 1. The van der Waals surface area contributed by atoms with E-state index >= 15 is 0 Å². The van der Waals surface area contributed by atoms with E-state index in [4.69, 9.17) is 5.73 Å². The van der Waals surface area contributed by atoms with Gasteiger partial charge in [-0.1, -0.05) is 13.8 Å². The molecule has 0 radical (unpaired) electrons. The minimum absolute atomic E-state index is 0.0568. The van der Waals surface area contributed by atoms with E-state index in [1.807, 2.05) is 0 Å². The van der Waals surface area contributed by atoms with E-state index in [-0.39, 0.29) is 5.91 Å². The summed E-state index contributed by atoms with van der Waals surface area (Å²) in [4.78, 5) is 18.8. The van der Waals surface area contributed by atoms with E-state index in [0.29, 0.717) is 12.5 Å². The number of nitrogens with two attached hydrogens (primary N) is 1. The second-order valence-electron chi connectivity index (χ2n) is 6.09. The minimum Gasteiger partial charge on any atom is -0.354 e. The Hall–Kier alpha value is -1.14. The Morgan fingerprint density at radius 1 is 1.48 bits per heavy atom. The average molecular weight is 310 g/mol. The van der Waals surface area contributed by atoms with Crippen molar-refractivity contribution < 1.29 is 4.79 Å². The lowest BCUT2D eigenvalue weighted by atomic mass is 10.0. The first-order valence-corrected chi connectivity index (χ1v) is 8.67. The van der Waals surface area contributed by atoms with E-state index in [1.165, 1.54) is 12.8 Å². The maximum Gasteiger partial charge on any atom is 0.236 e. The van der Waals surface area contributed by atoms with Gasteiger partial charge in [-0.3, -0.25) is 4.79 Å². The fourth-order valence-electron chi connectivity index (χ4n) is 2.52. The third-order valence-corrected chi connectivity index (χ3v) is 4.61. The third kappa shape index (κ3) is 4.97. The smallest absolute Gasteiger partial charge is 0.236 e. The summed E-state index contributed by atoms with van der Waals surface area (Å²) in [7, 11) is 0. The van der Waals surface area contributed by atoms with Gasteiger partial charge in [-0.2, -0.15) is 0 Å². The number of nitrogens with zero attached hydrogens (tertiary/aromatic N) is 2. The van der Waals surface area contributed by atoms with Gasteiger partial charge in [0.25, 0.3) is 0 Å². The zero-order valence-electron chi connectivity index (χ0n) is 13.0. The van der Waals surface area contributed by atoms with Crippen LogP contribution in [0, 0.1) is 5.92 Å². The van der Waals surface area contributed by atoms with Gasteiger partial charge in [0.05, 0.1) is 11.7 Å². The van der Waals surface area contributed by atoms with E-state index in [1.54, 1.807) is 11.3 Å². The Kier molecular flexibility index (Phi) is 5.99. The van der Waals surface area contributed by atoms with Crippen LogP contribution in [0.1, 0.15) is 38.8 Å². The van der Waals surface area contributed by atoms with Crippen molar-refractivity contribution in [1.82, 2.24) is 10.3 Å². The number of hydrogen-bond donors (Lipinski definition) is 2. The number of hydrogen-bond acceptors (Lipinski definition) is 5. The number of amides is 1. The molecule has 21 heavy (non-hydrogen) atoms. The lowest BCUT2D eigenvalue weighted by molar-refractivity contribution is -0.122. The zero-order chi connectivity index (χ0) is 15.2. The van der Waals surface area contributed by atoms with Crippen molar-refractivity contribution in [2.75, 3.05) is 24.5 Å². The van der Waals surface area contributed by atoms with Gasteiger partial charge in [0.2, 0.25) is 5.91 Å². The van der Waals surface area contributed by atoms with Gasteiger partial charge < -0.3 is 16.0 Å². The molecule has 0 saturated carbocycles. The maximum atomic E-state index is 11.8. The molecule has 1 aromatic rings. The first-order valence-electron chi connectivity index (χ1n) is 7.79. The van der Waals surface area contributed by atoms with Crippen LogP contribution in [0.15, 0.2) is 5.38 Å². The molecule has 0 unspecified atom stereocenters. The highest BCUT2D eigenvalue weighted by Gasteiger charge is 2.16. The molecule has 1 aromatic heterocycles. The van der Waals surface area contributed by atoms with Gasteiger partial charge in [-0.25, -0.2) is 4.98 Å². The van der Waals surface area contributed by atoms with Crippen molar-refractivity contribution in [3.63, 3.8) is 0 Å². The lowest BCUT2D eigenvalue weighted by Gasteiger charge is -2.14. The van der Waals surface area contributed by atoms with Crippen LogP contribution in [0.4, 0.5) is 5.13 Å². The van der Waals surface area contributed by atoms with Crippen molar-refractivity contribution in [3.8, 4) is 0 Å². The van der Waals surface area contributed by atoms with Crippen molar-refractivity contribution in [3.05, 3.63) is 11.1 Å². The molecule has 1 aliphatic heterocycles. The fraction of sp³-hybridized carbons (Fsp3) is 0.733. The molecule has 118 valence electrons. The summed E-state index contributed by atoms with van der Waals surface area (Å²) < 4.78 is 0. The van der Waals surface area contributed by atoms with Crippen LogP contribution in [0.25, 0.3) is 0 Å². The SMILES string of the molecule is CC(C)C[C@H](N)C(=O)NCCc1csc(N2CCCC2)n1. The predicted molar refractivity (Wildman–Crippen MR) is 87.7 cm³/mol. The molecule has 0 aliphatic carbocycles. The summed E-state index contributed by atoms with van der Waals surface area (Å²) in [5, 5.41) is 6.11. The fourth-order valence-corrected chi connectivity index (χ4v) is 3.44. The number of aromatic nitrogens is 1. The second kappa shape index (κ2) is 7.75. The van der Waals surface area contributed by atoms with Crippen LogP contribution in [0.3, 0.4) is 0 Å². The topological polar surface area (TPSA) is 71.2 Å². The Morgan fingerprint density at radius 2 is 2.19 bits per heavy atom. The van der Waals surface area contributed by atoms with Crippen molar-refractivity contribution in [2.24, 2.45) is 11.7 Å². The van der Waals surface area contributed by atoms with Gasteiger partial charge in [0.15, 0.2) is 5.13 Å². The number of carbonyl (C=O) groups is 1. The average Bonchev–Trinajstić information content (AvgIpc) is 3.08. The minimum atomic E-state index is -0.402. The zero-order valence-corrected chi connectivity index (χ0v) is 13.8. The molecule has 0 spiro atoms. The molecule has 2 heterocycles. The highest BCUT2D eigenvalue weighted by molar-refractivity contribution is 7.13. The first kappa shape index (κ1) is 16.2. The highest BCUT2D eigenvalue weighted by Crippen LogP contribution is 2.24. The van der Waals surface area contributed by atoms with Crippen LogP contribution < -0.4 is 16.0 Å². The normalized spacial score (nSPS) is 16.5. The van der Waals surface area contributed by atoms with Crippen LogP contribution in [0.5, 0.6) is 0 Å². The molecule has 6 heteroatoms. The molecule has 2 rings (SSSR count). The van der Waals surface area contributed by atoms with Gasteiger partial charge >= 0.3 is 0 Å². The maximum absolute atomic E-state index is 11.8. The Labute approximate surface area is 130 Å². The molecule has 1 fully saturated rings. The molecule has 5 nitrogen and oxygen atoms in total. The number of carbonyl (C=O) groups excluding carboxylic acids is 1. The Morgan fingerprint density at radius 3 is 2.86 bits per heavy atom. The lowest BCUT2D eigenvalue weighted by Crippen LogP contribution is -2.42. The molecule has 0 aromatic carbocycles. The van der Waals surface area contributed by atoms with E-state index in [2.05, 4.69) is 34.4 Å². The molecule has 0 bridgehead atoms. The first-order chi connectivity index (χ1) is 10.1. The van der Waals surface area contributed by atoms with Crippen LogP contribution in [-0.4, -0.2) is 36.6 Å². The Bertz CT molecular complexity index is 454. The van der Waals surface area contributed by atoms with Gasteiger partial charge in [-0.15, -0.1) is 11.3 Å². The van der Waals surface area contributed by atoms with Gasteiger partial charge in [0.1, 0.15) is 0 Å². The van der Waals surface area contributed by atoms with E-state index < -0.39 is 6.04 Å². The largest absolute Gasteiger partial charge is 0.354 e. The second-order valence-corrected chi connectivity index (χ2v) is 6.93. The van der Waals surface area contributed by atoms with Crippen LogP contribution >= 0.6 is 11.3 Å². The number of nitrogens with one attached hydrogen (secondary N) is 1. The summed E-state index contributed by atoms with van der Waals surface area (Å²) in [6.45, 7) is 6.99. The van der Waals surface area contributed by atoms with Crippen LogP contribution in [-0.2, 0) is 11.2 Å². The predicted octanol–water partition coefficient (Wildman–Crippen LogP) is 1.78. The van der Waals surface area contributed by atoms with Crippen LogP contribution in [0.2, 0.25) is 0 Å². The summed E-state index contributed by atoms with van der Waals surface area (Å²) in [6, 6.07) is -0.402. The van der Waals surface area contributed by atoms with Crippen molar-refractivity contribution in [1.29, 1.82) is 0 Å². The van der Waals surface area contributed by atoms with Gasteiger partial charge in [-0.05, 0) is 25.2 Å². The molecule has 1 aliphatic rings. The molecule has 1 amide bonds. The standard InChI is InChI=1S/C15H26N4OS/c1-11(2)9-13(16)14(20)17-6-5-12-10-21-15(18-12)19-7-3-4-8-19/h10-11,13H,3-9,16H2,1-2H3,(H,17,20)/t13-/m0/s1. The molecule has 3 N–H and O–H groups in total. The highest BCUT2D eigenvalue weighted by atomic mass is 32.1. The quantitative estimate of drug-likeness (QED) is 0.805. The van der Waals surface area contributed by atoms with Crippen molar-refractivity contribution in [2.45, 2.75) is 45.6 Å². The number of rotatable bonds is 7. The number of thiazole rings is 1. The molecular weight excluding hydrogens is 284 g/mol. The van der Waals surface area contributed by atoms with Crippen molar-refractivity contribution >= 4 is 22.4 Å². The monoisotopic (exact) mass is 310 g/mol. The molecule has 1 atom stereocenters. The van der Waals surface area contributed by atoms with E-state index in [0.717, 1.165) is 36.8 Å². The molecule has 1 saturated heterocycles. The third-order valence-electron chi connectivity index (χ3n) is 3.66. The summed E-state index contributed by atoms with van der Waals surface area (Å²) >= 11 is 1.70. The van der Waals surface area contributed by atoms with E-state index in [9.17, 15) is 4.79 Å². The molecular formula is C15H26N4OS. The summed E-state index contributed by atoms with van der Waals surface area (Å²) in [5.74, 6) is 0.381. The summed E-state index contributed by atoms with van der Waals surface area (Å²) in [5.41, 5.74) is 6.91. The Balaban J connectivity index is 1.72. The summed E-state index contributed by atoms with van der Waals surface area (Å²) in [6.07, 6.45) is 4.02.